The van der Waals surface area contributed by atoms with Crippen molar-refractivity contribution in [2.45, 2.75) is 5.88 Å². The Kier molecular flexibility index (Phi) is 2.32. The number of nitrogens with zero attached hydrogens (tertiary/aromatic N) is 1. The van der Waals surface area contributed by atoms with Crippen molar-refractivity contribution >= 4 is 11.6 Å². The fourth-order valence-corrected chi connectivity index (χ4v) is 1.28. The van der Waals surface area contributed by atoms with Crippen molar-refractivity contribution in [3.63, 3.8) is 0 Å². The minimum atomic E-state index is 0.534. The second-order valence-electron chi connectivity index (χ2n) is 2.67. The lowest BCUT2D eigenvalue weighted by atomic mass is 10.1. The Labute approximate surface area is 81.2 Å². The first kappa shape index (κ1) is 8.32. The molecule has 66 valence electrons. The summed E-state index contributed by atoms with van der Waals surface area (Å²) in [4.78, 5) is 4.04. The van der Waals surface area contributed by atoms with Crippen LogP contribution in [-0.4, -0.2) is 4.98 Å². The monoisotopic (exact) mass is 193 g/mol. The van der Waals surface area contributed by atoms with E-state index in [2.05, 4.69) is 4.98 Å². The first-order valence-corrected chi connectivity index (χ1v) is 4.48. The average molecular weight is 194 g/mol. The summed E-state index contributed by atoms with van der Waals surface area (Å²) in [6, 6.07) is 7.83. The van der Waals surface area contributed by atoms with Crippen LogP contribution in [0.1, 0.15) is 5.56 Å². The SMILES string of the molecule is ClCc1ccc(-c2ncco2)cc1. The zero-order chi connectivity index (χ0) is 9.10. The molecule has 2 nitrogen and oxygen atoms in total. The molecule has 0 unspecified atom stereocenters. The molecule has 0 aliphatic heterocycles. The Balaban J connectivity index is 2.33. The maximum Gasteiger partial charge on any atom is 0.225 e. The van der Waals surface area contributed by atoms with E-state index in [1.165, 1.54) is 0 Å². The summed E-state index contributed by atoms with van der Waals surface area (Å²) in [6.07, 6.45) is 3.19. The zero-order valence-corrected chi connectivity index (χ0v) is 7.66. The summed E-state index contributed by atoms with van der Waals surface area (Å²) in [7, 11) is 0. The molecule has 0 N–H and O–H groups in total. The van der Waals surface area contributed by atoms with Crippen LogP contribution in [0.5, 0.6) is 0 Å². The van der Waals surface area contributed by atoms with E-state index in [9.17, 15) is 0 Å². The molecule has 0 atom stereocenters. The lowest BCUT2D eigenvalue weighted by Gasteiger charge is -1.96. The molecule has 0 aliphatic carbocycles. The van der Waals surface area contributed by atoms with Crippen LogP contribution < -0.4 is 0 Å². The van der Waals surface area contributed by atoms with Crippen LogP contribution in [0, 0.1) is 0 Å². The molecule has 3 heteroatoms. The molecule has 0 saturated heterocycles. The van der Waals surface area contributed by atoms with Gasteiger partial charge in [-0.25, -0.2) is 4.98 Å². The molecule has 0 spiro atoms. The van der Waals surface area contributed by atoms with E-state index in [0.29, 0.717) is 11.8 Å². The smallest absolute Gasteiger partial charge is 0.225 e. The lowest BCUT2D eigenvalue weighted by Crippen LogP contribution is -1.79. The molecular formula is C10H8ClNO. The molecule has 1 heterocycles. The summed E-state index contributed by atoms with van der Waals surface area (Å²) in [5, 5.41) is 0. The van der Waals surface area contributed by atoms with Crippen LogP contribution in [0.15, 0.2) is 41.1 Å². The second kappa shape index (κ2) is 3.62. The minimum absolute atomic E-state index is 0.534. The molecule has 1 aromatic carbocycles. The quantitative estimate of drug-likeness (QED) is 0.686. The van der Waals surface area contributed by atoms with Gasteiger partial charge in [-0.15, -0.1) is 11.6 Å². The van der Waals surface area contributed by atoms with E-state index >= 15 is 0 Å². The van der Waals surface area contributed by atoms with Crippen LogP contribution >= 0.6 is 11.6 Å². The highest BCUT2D eigenvalue weighted by molar-refractivity contribution is 6.17. The van der Waals surface area contributed by atoms with Crippen molar-refractivity contribution in [2.75, 3.05) is 0 Å². The van der Waals surface area contributed by atoms with Gasteiger partial charge in [0.15, 0.2) is 0 Å². The standard InChI is InChI=1S/C10H8ClNO/c11-7-8-1-3-9(4-2-8)10-12-5-6-13-10/h1-6H,7H2. The molecule has 0 bridgehead atoms. The predicted molar refractivity (Wildman–Crippen MR) is 51.5 cm³/mol. The van der Waals surface area contributed by atoms with E-state index in [0.717, 1.165) is 11.1 Å². The van der Waals surface area contributed by atoms with Gasteiger partial charge >= 0.3 is 0 Å². The normalized spacial score (nSPS) is 10.2. The molecular weight excluding hydrogens is 186 g/mol. The number of alkyl halides is 1. The van der Waals surface area contributed by atoms with Gasteiger partial charge in [0.1, 0.15) is 6.26 Å². The number of rotatable bonds is 2. The van der Waals surface area contributed by atoms with Crippen molar-refractivity contribution in [2.24, 2.45) is 0 Å². The van der Waals surface area contributed by atoms with Crippen LogP contribution in [0.25, 0.3) is 11.5 Å². The molecule has 1 aromatic heterocycles. The molecule has 0 fully saturated rings. The first-order chi connectivity index (χ1) is 6.40. The molecule has 0 saturated carbocycles. The number of halogens is 1. The van der Waals surface area contributed by atoms with Crippen molar-refractivity contribution in [3.8, 4) is 11.5 Å². The highest BCUT2D eigenvalue weighted by atomic mass is 35.5. The molecule has 0 aliphatic rings. The summed E-state index contributed by atoms with van der Waals surface area (Å²) in [5.74, 6) is 1.17. The van der Waals surface area contributed by atoms with Crippen molar-refractivity contribution in [1.29, 1.82) is 0 Å². The third-order valence-corrected chi connectivity index (χ3v) is 2.10. The highest BCUT2D eigenvalue weighted by Crippen LogP contribution is 2.17. The number of hydrogen-bond donors (Lipinski definition) is 0. The fourth-order valence-electron chi connectivity index (χ4n) is 1.10. The Hall–Kier alpha value is -1.28. The molecule has 0 radical (unpaired) electrons. The van der Waals surface area contributed by atoms with E-state index in [-0.39, 0.29) is 0 Å². The zero-order valence-electron chi connectivity index (χ0n) is 6.90. The van der Waals surface area contributed by atoms with Gasteiger partial charge in [-0.2, -0.15) is 0 Å². The highest BCUT2D eigenvalue weighted by Gasteiger charge is 2.00. The van der Waals surface area contributed by atoms with E-state index in [1.54, 1.807) is 12.5 Å². The third kappa shape index (κ3) is 1.73. The lowest BCUT2D eigenvalue weighted by molar-refractivity contribution is 0.574. The Morgan fingerprint density at radius 3 is 2.54 bits per heavy atom. The van der Waals surface area contributed by atoms with Gasteiger partial charge in [0.25, 0.3) is 0 Å². The summed E-state index contributed by atoms with van der Waals surface area (Å²) in [6.45, 7) is 0. The summed E-state index contributed by atoms with van der Waals surface area (Å²) >= 11 is 5.67. The maximum atomic E-state index is 5.67. The number of aromatic nitrogens is 1. The van der Waals surface area contributed by atoms with Crippen LogP contribution in [0.3, 0.4) is 0 Å². The van der Waals surface area contributed by atoms with Gasteiger partial charge in [-0.3, -0.25) is 0 Å². The Morgan fingerprint density at radius 1 is 1.23 bits per heavy atom. The van der Waals surface area contributed by atoms with Gasteiger partial charge in [-0.05, 0) is 17.7 Å². The van der Waals surface area contributed by atoms with E-state index in [4.69, 9.17) is 16.0 Å². The van der Waals surface area contributed by atoms with E-state index in [1.807, 2.05) is 24.3 Å². The van der Waals surface area contributed by atoms with E-state index < -0.39 is 0 Å². The van der Waals surface area contributed by atoms with Gasteiger partial charge < -0.3 is 4.42 Å². The van der Waals surface area contributed by atoms with Gasteiger partial charge in [0, 0.05) is 11.4 Å². The van der Waals surface area contributed by atoms with Gasteiger partial charge in [0.05, 0.1) is 6.20 Å². The van der Waals surface area contributed by atoms with Crippen LogP contribution in [-0.2, 0) is 5.88 Å². The number of oxazole rings is 1. The third-order valence-electron chi connectivity index (χ3n) is 1.79. The summed E-state index contributed by atoms with van der Waals surface area (Å²) < 4.78 is 5.15. The fraction of sp³-hybridized carbons (Fsp3) is 0.100. The molecule has 2 rings (SSSR count). The largest absolute Gasteiger partial charge is 0.445 e. The van der Waals surface area contributed by atoms with Crippen LogP contribution in [0.2, 0.25) is 0 Å². The second-order valence-corrected chi connectivity index (χ2v) is 2.94. The minimum Gasteiger partial charge on any atom is -0.445 e. The van der Waals surface area contributed by atoms with Crippen LogP contribution in [0.4, 0.5) is 0 Å². The summed E-state index contributed by atoms with van der Waals surface area (Å²) in [5.41, 5.74) is 2.07. The maximum absolute atomic E-state index is 5.67. The first-order valence-electron chi connectivity index (χ1n) is 3.95. The van der Waals surface area contributed by atoms with Gasteiger partial charge in [0.2, 0.25) is 5.89 Å². The number of hydrogen-bond acceptors (Lipinski definition) is 2. The van der Waals surface area contributed by atoms with Crippen molar-refractivity contribution in [3.05, 3.63) is 42.3 Å². The predicted octanol–water partition coefficient (Wildman–Crippen LogP) is 3.08. The van der Waals surface area contributed by atoms with Crippen molar-refractivity contribution < 1.29 is 4.42 Å². The molecule has 0 amide bonds. The topological polar surface area (TPSA) is 26.0 Å². The number of benzene rings is 1. The van der Waals surface area contributed by atoms with Gasteiger partial charge in [-0.1, -0.05) is 12.1 Å². The van der Waals surface area contributed by atoms with Crippen molar-refractivity contribution in [1.82, 2.24) is 4.98 Å². The molecule has 2 aromatic rings. The molecule has 13 heavy (non-hydrogen) atoms. The Morgan fingerprint density at radius 2 is 2.00 bits per heavy atom. The Bertz CT molecular complexity index is 366. The average Bonchev–Trinajstić information content (AvgIpc) is 2.71.